The van der Waals surface area contributed by atoms with Gasteiger partial charge in [-0.1, -0.05) is 42.5 Å². The highest BCUT2D eigenvalue weighted by Gasteiger charge is 2.18. The first-order valence-electron chi connectivity index (χ1n) is 7.25. The summed E-state index contributed by atoms with van der Waals surface area (Å²) in [4.78, 5) is 12.0. The molecule has 1 aliphatic heterocycles. The van der Waals surface area contributed by atoms with Crippen LogP contribution in [-0.2, 0) is 11.3 Å². The van der Waals surface area contributed by atoms with Crippen molar-refractivity contribution in [3.05, 3.63) is 75.9 Å². The smallest absolute Gasteiger partial charge is 0.220 e. The second kappa shape index (κ2) is 6.55. The summed E-state index contributed by atoms with van der Waals surface area (Å²) in [6.45, 7) is 1.18. The summed E-state index contributed by atoms with van der Waals surface area (Å²) in [5, 5.41) is 0. The predicted molar refractivity (Wildman–Crippen MR) is 81.4 cm³/mol. The molecule has 1 aliphatic rings. The second-order valence-electron chi connectivity index (χ2n) is 5.17. The van der Waals surface area contributed by atoms with E-state index in [0.29, 0.717) is 12.4 Å². The van der Waals surface area contributed by atoms with Crippen LogP contribution in [0.5, 0.6) is 5.75 Å². The lowest BCUT2D eigenvalue weighted by molar-refractivity contribution is 0.112. The number of hydrogen-bond acceptors (Lipinski definition) is 3. The number of benzene rings is 1. The largest absolute Gasteiger partial charge is 0.485 e. The summed E-state index contributed by atoms with van der Waals surface area (Å²) in [5.41, 5.74) is 1.95. The third-order valence-electron chi connectivity index (χ3n) is 3.62. The van der Waals surface area contributed by atoms with E-state index in [2.05, 4.69) is 0 Å². The van der Waals surface area contributed by atoms with Gasteiger partial charge in [0.1, 0.15) is 6.61 Å². The van der Waals surface area contributed by atoms with Crippen LogP contribution in [0.3, 0.4) is 0 Å². The SMILES string of the molecule is O=c1cccc(C2CCCO2)cc1OCc1ccccc1. The molecule has 1 heterocycles. The summed E-state index contributed by atoms with van der Waals surface area (Å²) >= 11 is 0. The van der Waals surface area contributed by atoms with E-state index in [9.17, 15) is 4.79 Å². The summed E-state index contributed by atoms with van der Waals surface area (Å²) in [5.74, 6) is 0.384. The van der Waals surface area contributed by atoms with Crippen LogP contribution in [0.1, 0.15) is 30.1 Å². The van der Waals surface area contributed by atoms with E-state index in [-0.39, 0.29) is 11.5 Å². The lowest BCUT2D eigenvalue weighted by Gasteiger charge is -2.09. The van der Waals surface area contributed by atoms with E-state index in [1.807, 2.05) is 42.5 Å². The Hall–Kier alpha value is -2.13. The van der Waals surface area contributed by atoms with Gasteiger partial charge in [-0.2, -0.15) is 0 Å². The Morgan fingerprint density at radius 2 is 1.95 bits per heavy atom. The Morgan fingerprint density at radius 1 is 1.10 bits per heavy atom. The zero-order valence-corrected chi connectivity index (χ0v) is 11.8. The van der Waals surface area contributed by atoms with E-state index < -0.39 is 0 Å². The van der Waals surface area contributed by atoms with Gasteiger partial charge in [-0.25, -0.2) is 0 Å². The maximum absolute atomic E-state index is 12.0. The predicted octanol–water partition coefficient (Wildman–Crippen LogP) is 3.48. The second-order valence-corrected chi connectivity index (χ2v) is 5.17. The molecular formula is C18H18O3. The summed E-state index contributed by atoms with van der Waals surface area (Å²) in [6.07, 6.45) is 2.14. The van der Waals surface area contributed by atoms with Crippen molar-refractivity contribution in [1.29, 1.82) is 0 Å². The van der Waals surface area contributed by atoms with Crippen LogP contribution in [0.2, 0.25) is 0 Å². The molecule has 0 amide bonds. The molecule has 1 unspecified atom stereocenters. The Bertz CT molecular complexity index is 646. The lowest BCUT2D eigenvalue weighted by atomic mass is 10.1. The summed E-state index contributed by atoms with van der Waals surface area (Å²) in [6, 6.07) is 16.9. The first-order chi connectivity index (χ1) is 10.3. The minimum Gasteiger partial charge on any atom is -0.485 e. The Kier molecular flexibility index (Phi) is 4.31. The molecule has 108 valence electrons. The van der Waals surface area contributed by atoms with Crippen molar-refractivity contribution in [1.82, 2.24) is 0 Å². The van der Waals surface area contributed by atoms with Crippen LogP contribution in [0, 0.1) is 0 Å². The van der Waals surface area contributed by atoms with Crippen molar-refractivity contribution >= 4 is 0 Å². The molecule has 1 fully saturated rings. The molecule has 0 aliphatic carbocycles. The average molecular weight is 282 g/mol. The summed E-state index contributed by atoms with van der Waals surface area (Å²) in [7, 11) is 0. The van der Waals surface area contributed by atoms with E-state index in [1.54, 1.807) is 12.1 Å². The van der Waals surface area contributed by atoms with Crippen LogP contribution < -0.4 is 10.2 Å². The highest BCUT2D eigenvalue weighted by Crippen LogP contribution is 2.29. The van der Waals surface area contributed by atoms with Crippen molar-refractivity contribution in [2.24, 2.45) is 0 Å². The van der Waals surface area contributed by atoms with Crippen LogP contribution in [0.4, 0.5) is 0 Å². The van der Waals surface area contributed by atoms with E-state index in [0.717, 1.165) is 30.6 Å². The molecule has 0 aromatic heterocycles. The third-order valence-corrected chi connectivity index (χ3v) is 3.62. The van der Waals surface area contributed by atoms with Gasteiger partial charge in [0.2, 0.25) is 5.43 Å². The first kappa shape index (κ1) is 13.8. The number of hydrogen-bond donors (Lipinski definition) is 0. The van der Waals surface area contributed by atoms with Crippen molar-refractivity contribution in [3.63, 3.8) is 0 Å². The van der Waals surface area contributed by atoms with E-state index in [4.69, 9.17) is 9.47 Å². The maximum atomic E-state index is 12.0. The molecule has 2 aromatic rings. The normalized spacial score (nSPS) is 17.6. The van der Waals surface area contributed by atoms with Crippen LogP contribution in [0.15, 0.2) is 59.4 Å². The Balaban J connectivity index is 1.82. The van der Waals surface area contributed by atoms with Gasteiger partial charge in [-0.3, -0.25) is 4.79 Å². The molecule has 0 spiro atoms. The van der Waals surface area contributed by atoms with Crippen LogP contribution in [-0.4, -0.2) is 6.61 Å². The van der Waals surface area contributed by atoms with Crippen molar-refractivity contribution in [2.75, 3.05) is 6.61 Å². The number of rotatable bonds is 4. The van der Waals surface area contributed by atoms with Gasteiger partial charge in [-0.15, -0.1) is 0 Å². The van der Waals surface area contributed by atoms with Gasteiger partial charge in [0.15, 0.2) is 5.75 Å². The molecular weight excluding hydrogens is 264 g/mol. The monoisotopic (exact) mass is 282 g/mol. The van der Waals surface area contributed by atoms with Gasteiger partial charge in [0, 0.05) is 6.61 Å². The van der Waals surface area contributed by atoms with Crippen molar-refractivity contribution in [3.8, 4) is 5.75 Å². The zero-order chi connectivity index (χ0) is 14.5. The van der Waals surface area contributed by atoms with Gasteiger partial charge < -0.3 is 9.47 Å². The van der Waals surface area contributed by atoms with Crippen molar-refractivity contribution in [2.45, 2.75) is 25.6 Å². The Morgan fingerprint density at radius 3 is 2.71 bits per heavy atom. The molecule has 1 saturated heterocycles. The minimum absolute atomic E-state index is 0.0795. The summed E-state index contributed by atoms with van der Waals surface area (Å²) < 4.78 is 11.4. The topological polar surface area (TPSA) is 35.5 Å². The minimum atomic E-state index is -0.102. The van der Waals surface area contributed by atoms with Crippen molar-refractivity contribution < 1.29 is 9.47 Å². The molecule has 3 heteroatoms. The highest BCUT2D eigenvalue weighted by molar-refractivity contribution is 5.29. The fraction of sp³-hybridized carbons (Fsp3) is 0.278. The fourth-order valence-electron chi connectivity index (χ4n) is 2.49. The maximum Gasteiger partial charge on any atom is 0.220 e. The molecule has 0 radical (unpaired) electrons. The first-order valence-corrected chi connectivity index (χ1v) is 7.25. The molecule has 3 nitrogen and oxygen atoms in total. The van der Waals surface area contributed by atoms with E-state index >= 15 is 0 Å². The molecule has 1 atom stereocenters. The van der Waals surface area contributed by atoms with E-state index in [1.165, 1.54) is 0 Å². The van der Waals surface area contributed by atoms with Gasteiger partial charge in [0.05, 0.1) is 6.10 Å². The lowest BCUT2D eigenvalue weighted by Crippen LogP contribution is -2.05. The number of ether oxygens (including phenoxy) is 2. The molecule has 0 saturated carbocycles. The Labute approximate surface area is 124 Å². The van der Waals surface area contributed by atoms with Gasteiger partial charge in [0.25, 0.3) is 0 Å². The highest BCUT2D eigenvalue weighted by atomic mass is 16.5. The molecule has 2 aromatic carbocycles. The quantitative estimate of drug-likeness (QED) is 0.861. The zero-order valence-electron chi connectivity index (χ0n) is 11.8. The fourth-order valence-corrected chi connectivity index (χ4v) is 2.49. The van der Waals surface area contributed by atoms with Crippen LogP contribution in [0.25, 0.3) is 0 Å². The molecule has 3 rings (SSSR count). The molecule has 0 N–H and O–H groups in total. The molecule has 21 heavy (non-hydrogen) atoms. The standard InChI is InChI=1S/C18H18O3/c19-16-9-4-8-15(17-10-5-11-20-17)12-18(16)21-13-14-6-2-1-3-7-14/h1-4,6-9,12,17H,5,10-11,13H2. The average Bonchev–Trinajstić information content (AvgIpc) is 2.98. The van der Waals surface area contributed by atoms with Gasteiger partial charge >= 0.3 is 0 Å². The van der Waals surface area contributed by atoms with Gasteiger partial charge in [-0.05, 0) is 36.1 Å². The molecule has 0 bridgehead atoms. The third kappa shape index (κ3) is 3.50. The van der Waals surface area contributed by atoms with Crippen LogP contribution >= 0.6 is 0 Å².